The molecule has 1 N–H and O–H groups in total. The summed E-state index contributed by atoms with van der Waals surface area (Å²) in [5, 5.41) is 3.28. The summed E-state index contributed by atoms with van der Waals surface area (Å²) in [6, 6.07) is 8.85. The summed E-state index contributed by atoms with van der Waals surface area (Å²) >= 11 is 0. The lowest BCUT2D eigenvalue weighted by atomic mass is 10.0. The van der Waals surface area contributed by atoms with E-state index in [9.17, 15) is 9.59 Å². The second-order valence-corrected chi connectivity index (χ2v) is 7.57. The van der Waals surface area contributed by atoms with E-state index in [1.165, 1.54) is 0 Å². The number of carbonyl (C=O) groups excluding carboxylic acids is 2. The van der Waals surface area contributed by atoms with Crippen molar-refractivity contribution in [3.63, 3.8) is 0 Å². The summed E-state index contributed by atoms with van der Waals surface area (Å²) in [6.45, 7) is 3.30. The van der Waals surface area contributed by atoms with Crippen molar-refractivity contribution in [3.05, 3.63) is 35.9 Å². The van der Waals surface area contributed by atoms with Crippen molar-refractivity contribution < 1.29 is 19.1 Å². The molecule has 2 aliphatic rings. The molecule has 0 radical (unpaired) electrons. The molecule has 1 amide bonds. The van der Waals surface area contributed by atoms with Gasteiger partial charge < -0.3 is 24.6 Å². The highest BCUT2D eigenvalue weighted by Crippen LogP contribution is 2.38. The highest BCUT2D eigenvalue weighted by molar-refractivity contribution is 6.04. The number of anilines is 4. The number of pyridine rings is 1. The van der Waals surface area contributed by atoms with Crippen molar-refractivity contribution in [2.24, 2.45) is 0 Å². The molecule has 2 aromatic rings. The molecule has 1 fully saturated rings. The Bertz CT molecular complexity index is 958. The van der Waals surface area contributed by atoms with Crippen LogP contribution in [-0.4, -0.2) is 56.6 Å². The molecule has 1 aromatic heterocycles. The Morgan fingerprint density at radius 2 is 2.00 bits per heavy atom. The van der Waals surface area contributed by atoms with Gasteiger partial charge in [0.1, 0.15) is 23.9 Å². The highest BCUT2D eigenvalue weighted by Gasteiger charge is 2.39. The number of rotatable bonds is 5. The average molecular weight is 410 g/mol. The molecular formula is C22H26N4O4. The molecular weight excluding hydrogens is 384 g/mol. The molecule has 0 bridgehead atoms. The van der Waals surface area contributed by atoms with E-state index in [-0.39, 0.29) is 18.0 Å². The first-order chi connectivity index (χ1) is 14.5. The number of aldehydes is 1. The van der Waals surface area contributed by atoms with Crippen molar-refractivity contribution >= 4 is 35.2 Å². The van der Waals surface area contributed by atoms with Crippen molar-refractivity contribution in [1.82, 2.24) is 4.98 Å². The fourth-order valence-electron chi connectivity index (χ4n) is 4.14. The third kappa shape index (κ3) is 3.59. The lowest BCUT2D eigenvalue weighted by Gasteiger charge is -2.44. The van der Waals surface area contributed by atoms with Gasteiger partial charge >= 0.3 is 0 Å². The maximum Gasteiger partial charge on any atom is 0.249 e. The van der Waals surface area contributed by atoms with Crippen molar-refractivity contribution in [2.45, 2.75) is 31.8 Å². The summed E-state index contributed by atoms with van der Waals surface area (Å²) in [4.78, 5) is 32.6. The average Bonchev–Trinajstić information content (AvgIpc) is 2.78. The number of methoxy groups -OCH3 is 1. The first-order valence-electron chi connectivity index (χ1n) is 10.1. The topological polar surface area (TPSA) is 84.0 Å². The summed E-state index contributed by atoms with van der Waals surface area (Å²) < 4.78 is 10.9. The summed E-state index contributed by atoms with van der Waals surface area (Å²) in [6.07, 6.45) is 2.51. The number of nitrogens with zero attached hydrogens (tertiary/aromatic N) is 3. The van der Waals surface area contributed by atoms with Gasteiger partial charge in [-0.2, -0.15) is 0 Å². The number of fused-ring (bicyclic) bond motifs is 1. The van der Waals surface area contributed by atoms with Crippen LogP contribution in [-0.2, 0) is 9.53 Å². The van der Waals surface area contributed by atoms with Gasteiger partial charge in [0.25, 0.3) is 0 Å². The summed E-state index contributed by atoms with van der Waals surface area (Å²) in [5.74, 6) is 2.03. The Morgan fingerprint density at radius 1 is 1.23 bits per heavy atom. The molecule has 1 aromatic carbocycles. The number of carbonyl (C=O) groups is 2. The number of hydrogen-bond acceptors (Lipinski definition) is 7. The third-order valence-corrected chi connectivity index (χ3v) is 5.77. The lowest BCUT2D eigenvalue weighted by Crippen LogP contribution is -2.56. The monoisotopic (exact) mass is 410 g/mol. The quantitative estimate of drug-likeness (QED) is 0.759. The van der Waals surface area contributed by atoms with Gasteiger partial charge in [-0.15, -0.1) is 0 Å². The van der Waals surface area contributed by atoms with E-state index in [4.69, 9.17) is 14.5 Å². The largest absolute Gasteiger partial charge is 0.495 e. The van der Waals surface area contributed by atoms with E-state index in [0.717, 1.165) is 30.6 Å². The number of likely N-dealkylation sites (N-methyl/N-ethyl adjacent to an activating group) is 1. The molecule has 0 spiro atoms. The van der Waals surface area contributed by atoms with Crippen LogP contribution >= 0.6 is 0 Å². The number of hydrogen-bond donors (Lipinski definition) is 1. The van der Waals surface area contributed by atoms with Gasteiger partial charge in [0, 0.05) is 31.9 Å². The zero-order valence-corrected chi connectivity index (χ0v) is 17.4. The molecule has 8 heteroatoms. The SMILES string of the molecule is COc1cc(C=O)ccc1Nc1ccc2c(n1)N(C1CCOCC1)[C@H](C)C(=O)N2C. The van der Waals surface area contributed by atoms with E-state index in [1.54, 1.807) is 37.3 Å². The Balaban J connectivity index is 1.71. The zero-order valence-electron chi connectivity index (χ0n) is 17.4. The van der Waals surface area contributed by atoms with Crippen LogP contribution in [0.4, 0.5) is 23.0 Å². The molecule has 30 heavy (non-hydrogen) atoms. The van der Waals surface area contributed by atoms with Gasteiger partial charge in [0.2, 0.25) is 5.91 Å². The van der Waals surface area contributed by atoms with Gasteiger partial charge in [-0.25, -0.2) is 4.98 Å². The van der Waals surface area contributed by atoms with E-state index >= 15 is 0 Å². The van der Waals surface area contributed by atoms with E-state index in [0.29, 0.717) is 36.0 Å². The number of benzene rings is 1. The van der Waals surface area contributed by atoms with Gasteiger partial charge in [-0.3, -0.25) is 9.59 Å². The van der Waals surface area contributed by atoms with Gasteiger partial charge in [-0.05, 0) is 50.1 Å². The van der Waals surface area contributed by atoms with E-state index in [2.05, 4.69) is 10.2 Å². The maximum absolute atomic E-state index is 12.8. The van der Waals surface area contributed by atoms with Crippen LogP contribution in [0.25, 0.3) is 0 Å². The Morgan fingerprint density at radius 3 is 2.70 bits per heavy atom. The number of nitrogens with one attached hydrogen (secondary N) is 1. The predicted octanol–water partition coefficient (Wildman–Crippen LogP) is 3.00. The predicted molar refractivity (Wildman–Crippen MR) is 115 cm³/mol. The molecule has 0 saturated carbocycles. The van der Waals surface area contributed by atoms with Crippen LogP contribution in [0.15, 0.2) is 30.3 Å². The molecule has 2 aliphatic heterocycles. The Hall–Kier alpha value is -3.13. The normalized spacial score (nSPS) is 19.4. The first-order valence-corrected chi connectivity index (χ1v) is 10.1. The van der Waals surface area contributed by atoms with Crippen LogP contribution in [0, 0.1) is 0 Å². The minimum atomic E-state index is -0.297. The standard InChI is InChI=1S/C22H26N4O4/c1-14-22(28)25(2)18-6-7-20(23-17-5-4-15(13-27)12-19(17)29-3)24-21(18)26(14)16-8-10-30-11-9-16/h4-7,12-14,16H,8-11H2,1-3H3,(H,23,24)/t14-/m1/s1. The number of aromatic nitrogens is 1. The smallest absolute Gasteiger partial charge is 0.249 e. The van der Waals surface area contributed by atoms with Crippen LogP contribution in [0.3, 0.4) is 0 Å². The Labute approximate surface area is 175 Å². The van der Waals surface area contributed by atoms with Crippen molar-refractivity contribution in [2.75, 3.05) is 42.5 Å². The second-order valence-electron chi connectivity index (χ2n) is 7.57. The maximum atomic E-state index is 12.8. The van der Waals surface area contributed by atoms with E-state index in [1.807, 2.05) is 19.1 Å². The summed E-state index contributed by atoms with van der Waals surface area (Å²) in [5.41, 5.74) is 2.04. The molecule has 3 heterocycles. The minimum absolute atomic E-state index is 0.0580. The first kappa shape index (κ1) is 20.2. The van der Waals surface area contributed by atoms with Crippen LogP contribution < -0.4 is 19.9 Å². The third-order valence-electron chi connectivity index (χ3n) is 5.77. The van der Waals surface area contributed by atoms with Gasteiger partial charge in [0.05, 0.1) is 18.5 Å². The van der Waals surface area contributed by atoms with E-state index < -0.39 is 0 Å². The fourth-order valence-corrected chi connectivity index (χ4v) is 4.14. The van der Waals surface area contributed by atoms with Crippen LogP contribution in [0.5, 0.6) is 5.75 Å². The van der Waals surface area contributed by atoms with Crippen LogP contribution in [0.1, 0.15) is 30.1 Å². The van der Waals surface area contributed by atoms with Crippen LogP contribution in [0.2, 0.25) is 0 Å². The number of amides is 1. The molecule has 158 valence electrons. The highest BCUT2D eigenvalue weighted by atomic mass is 16.5. The van der Waals surface area contributed by atoms with Crippen molar-refractivity contribution in [3.8, 4) is 5.75 Å². The molecule has 0 unspecified atom stereocenters. The molecule has 0 aliphatic carbocycles. The molecule has 8 nitrogen and oxygen atoms in total. The van der Waals surface area contributed by atoms with Gasteiger partial charge in [0.15, 0.2) is 5.82 Å². The number of ether oxygens (including phenoxy) is 2. The zero-order chi connectivity index (χ0) is 21.3. The Kier molecular flexibility index (Phi) is 5.59. The summed E-state index contributed by atoms with van der Waals surface area (Å²) in [7, 11) is 3.35. The molecule has 1 saturated heterocycles. The molecule has 1 atom stereocenters. The van der Waals surface area contributed by atoms with Crippen molar-refractivity contribution in [1.29, 1.82) is 0 Å². The second kappa shape index (κ2) is 8.31. The van der Waals surface area contributed by atoms with Gasteiger partial charge in [-0.1, -0.05) is 0 Å². The lowest BCUT2D eigenvalue weighted by molar-refractivity contribution is -0.119. The fraction of sp³-hybridized carbons (Fsp3) is 0.409. The minimum Gasteiger partial charge on any atom is -0.495 e. The molecule has 4 rings (SSSR count).